The number of hydrogen-bond donors (Lipinski definition) is 1. The first kappa shape index (κ1) is 18.7. The Labute approximate surface area is 165 Å². The molecule has 1 N–H and O–H groups in total. The summed E-state index contributed by atoms with van der Waals surface area (Å²) in [5, 5.41) is 11.9. The average Bonchev–Trinajstić information content (AvgIpc) is 3.26. The second-order valence-electron chi connectivity index (χ2n) is 7.44. The smallest absolute Gasteiger partial charge is 0.253 e. The van der Waals surface area contributed by atoms with E-state index in [4.69, 9.17) is 4.74 Å². The zero-order chi connectivity index (χ0) is 19.3. The molecule has 1 unspecified atom stereocenters. The molecule has 2 fully saturated rings. The maximum atomic E-state index is 12.7. The first-order chi connectivity index (χ1) is 13.7. The number of rotatable bonds is 5. The number of ether oxygens (including phenoxy) is 1. The summed E-state index contributed by atoms with van der Waals surface area (Å²) in [7, 11) is 0. The molecule has 4 rings (SSSR count). The molecule has 1 atom stereocenters. The van der Waals surface area contributed by atoms with Crippen LogP contribution in [0.25, 0.3) is 0 Å². The molecular weight excluding hydrogens is 354 g/mol. The van der Waals surface area contributed by atoms with E-state index in [1.165, 1.54) is 0 Å². The van der Waals surface area contributed by atoms with E-state index >= 15 is 0 Å². The molecule has 28 heavy (non-hydrogen) atoms. The molecule has 148 valence electrons. The van der Waals surface area contributed by atoms with Crippen LogP contribution in [0.15, 0.2) is 36.4 Å². The minimum Gasteiger partial charge on any atom is -0.376 e. The van der Waals surface area contributed by atoms with Crippen LogP contribution in [0.4, 0.5) is 11.6 Å². The largest absolute Gasteiger partial charge is 0.376 e. The monoisotopic (exact) mass is 381 g/mol. The van der Waals surface area contributed by atoms with Gasteiger partial charge in [-0.3, -0.25) is 4.79 Å². The topological polar surface area (TPSA) is 70.6 Å². The summed E-state index contributed by atoms with van der Waals surface area (Å²) in [6.45, 7) is 6.53. The fourth-order valence-electron chi connectivity index (χ4n) is 3.71. The third-order valence-corrected chi connectivity index (χ3v) is 5.34. The van der Waals surface area contributed by atoms with Crippen molar-refractivity contribution in [1.82, 2.24) is 15.1 Å². The third-order valence-electron chi connectivity index (χ3n) is 5.34. The average molecular weight is 381 g/mol. The van der Waals surface area contributed by atoms with Gasteiger partial charge in [0.1, 0.15) is 5.82 Å². The Morgan fingerprint density at radius 1 is 1.18 bits per heavy atom. The van der Waals surface area contributed by atoms with Crippen molar-refractivity contribution >= 4 is 17.5 Å². The van der Waals surface area contributed by atoms with Crippen LogP contribution in [0, 0.1) is 6.92 Å². The second kappa shape index (κ2) is 8.56. The number of nitrogens with zero attached hydrogens (tertiary/aromatic N) is 4. The Hall–Kier alpha value is -2.67. The summed E-state index contributed by atoms with van der Waals surface area (Å²) in [6, 6.07) is 11.7. The van der Waals surface area contributed by atoms with E-state index in [-0.39, 0.29) is 12.0 Å². The molecule has 0 spiro atoms. The highest BCUT2D eigenvalue weighted by Crippen LogP contribution is 2.17. The van der Waals surface area contributed by atoms with Gasteiger partial charge in [-0.15, -0.1) is 10.2 Å². The zero-order valence-electron chi connectivity index (χ0n) is 16.3. The number of carbonyl (C=O) groups is 1. The fraction of sp³-hybridized carbons (Fsp3) is 0.476. The van der Waals surface area contributed by atoms with Gasteiger partial charge < -0.3 is 19.9 Å². The number of benzene rings is 1. The molecule has 3 heterocycles. The van der Waals surface area contributed by atoms with E-state index in [1.807, 2.05) is 48.2 Å². The van der Waals surface area contributed by atoms with Crippen molar-refractivity contribution in [3.8, 4) is 0 Å². The molecule has 2 aromatic rings. The van der Waals surface area contributed by atoms with E-state index < -0.39 is 0 Å². The number of carbonyl (C=O) groups excluding carboxylic acids is 1. The highest BCUT2D eigenvalue weighted by Gasteiger charge is 2.23. The Balaban J connectivity index is 1.29. The number of hydrogen-bond acceptors (Lipinski definition) is 6. The number of nitrogens with one attached hydrogen (secondary N) is 1. The summed E-state index contributed by atoms with van der Waals surface area (Å²) >= 11 is 0. The molecule has 1 aromatic heterocycles. The van der Waals surface area contributed by atoms with Crippen molar-refractivity contribution in [1.29, 1.82) is 0 Å². The maximum Gasteiger partial charge on any atom is 0.253 e. The van der Waals surface area contributed by atoms with Gasteiger partial charge in [-0.05, 0) is 44.0 Å². The standard InChI is InChI=1S/C21H27N5O2/c1-16-4-2-5-17(14-16)21(27)26-11-9-25(10-12-26)20-8-7-19(23-24-20)22-15-18-6-3-13-28-18/h2,4-5,7-8,14,18H,3,6,9-13,15H2,1H3,(H,22,23). The maximum absolute atomic E-state index is 12.7. The van der Waals surface area contributed by atoms with Crippen LogP contribution < -0.4 is 10.2 Å². The number of anilines is 2. The first-order valence-corrected chi connectivity index (χ1v) is 9.99. The van der Waals surface area contributed by atoms with Crippen molar-refractivity contribution in [2.24, 2.45) is 0 Å². The predicted molar refractivity (Wildman–Crippen MR) is 109 cm³/mol. The lowest BCUT2D eigenvalue weighted by molar-refractivity contribution is 0.0746. The minimum absolute atomic E-state index is 0.100. The Morgan fingerprint density at radius 2 is 2.04 bits per heavy atom. The van der Waals surface area contributed by atoms with Crippen molar-refractivity contribution in [2.75, 3.05) is 49.5 Å². The van der Waals surface area contributed by atoms with Gasteiger partial charge in [-0.1, -0.05) is 17.7 Å². The SMILES string of the molecule is Cc1cccc(C(=O)N2CCN(c3ccc(NCC4CCCO4)nn3)CC2)c1. The molecule has 2 aliphatic rings. The van der Waals surface area contributed by atoms with E-state index in [2.05, 4.69) is 20.4 Å². The van der Waals surface area contributed by atoms with Gasteiger partial charge in [-0.2, -0.15) is 0 Å². The normalized spacial score (nSPS) is 19.7. The molecule has 0 aliphatic carbocycles. The molecule has 0 bridgehead atoms. The number of aromatic nitrogens is 2. The van der Waals surface area contributed by atoms with Crippen LogP contribution in [0.5, 0.6) is 0 Å². The van der Waals surface area contributed by atoms with Gasteiger partial charge in [0.05, 0.1) is 6.10 Å². The number of amides is 1. The van der Waals surface area contributed by atoms with E-state index in [9.17, 15) is 4.79 Å². The molecule has 0 saturated carbocycles. The van der Waals surface area contributed by atoms with E-state index in [0.29, 0.717) is 13.1 Å². The van der Waals surface area contributed by atoms with Crippen LogP contribution in [-0.2, 0) is 4.74 Å². The lowest BCUT2D eigenvalue weighted by Crippen LogP contribution is -2.49. The third kappa shape index (κ3) is 4.42. The zero-order valence-corrected chi connectivity index (χ0v) is 16.3. The summed E-state index contributed by atoms with van der Waals surface area (Å²) in [6.07, 6.45) is 2.51. The van der Waals surface area contributed by atoms with Crippen molar-refractivity contribution in [2.45, 2.75) is 25.9 Å². The highest BCUT2D eigenvalue weighted by molar-refractivity contribution is 5.94. The van der Waals surface area contributed by atoms with Crippen LogP contribution in [0.3, 0.4) is 0 Å². The Morgan fingerprint density at radius 3 is 2.71 bits per heavy atom. The summed E-state index contributed by atoms with van der Waals surface area (Å²) < 4.78 is 5.61. The molecule has 1 amide bonds. The number of piperazine rings is 1. The van der Waals surface area contributed by atoms with Gasteiger partial charge in [0.2, 0.25) is 0 Å². The van der Waals surface area contributed by atoms with Crippen LogP contribution in [-0.4, -0.2) is 66.4 Å². The molecule has 1 aromatic carbocycles. The van der Waals surface area contributed by atoms with Gasteiger partial charge in [0.25, 0.3) is 5.91 Å². The minimum atomic E-state index is 0.100. The summed E-state index contributed by atoms with van der Waals surface area (Å²) in [4.78, 5) is 16.8. The number of aryl methyl sites for hydroxylation is 1. The van der Waals surface area contributed by atoms with Gasteiger partial charge >= 0.3 is 0 Å². The van der Waals surface area contributed by atoms with E-state index in [1.54, 1.807) is 0 Å². The van der Waals surface area contributed by atoms with Crippen molar-refractivity contribution < 1.29 is 9.53 Å². The highest BCUT2D eigenvalue weighted by atomic mass is 16.5. The summed E-state index contributed by atoms with van der Waals surface area (Å²) in [5.74, 6) is 1.72. The first-order valence-electron chi connectivity index (χ1n) is 9.99. The lowest BCUT2D eigenvalue weighted by atomic mass is 10.1. The second-order valence-corrected chi connectivity index (χ2v) is 7.44. The van der Waals surface area contributed by atoms with Crippen LogP contribution in [0.2, 0.25) is 0 Å². The molecule has 0 radical (unpaired) electrons. The Kier molecular flexibility index (Phi) is 5.71. The molecular formula is C21H27N5O2. The van der Waals surface area contributed by atoms with Crippen molar-refractivity contribution in [3.63, 3.8) is 0 Å². The molecule has 2 saturated heterocycles. The quantitative estimate of drug-likeness (QED) is 0.857. The van der Waals surface area contributed by atoms with Crippen LogP contribution >= 0.6 is 0 Å². The molecule has 2 aliphatic heterocycles. The van der Waals surface area contributed by atoms with Crippen LogP contribution in [0.1, 0.15) is 28.8 Å². The molecule has 7 heteroatoms. The van der Waals surface area contributed by atoms with E-state index in [0.717, 1.165) is 61.8 Å². The summed E-state index contributed by atoms with van der Waals surface area (Å²) in [5.41, 5.74) is 1.86. The van der Waals surface area contributed by atoms with Gasteiger partial charge in [0.15, 0.2) is 5.82 Å². The van der Waals surface area contributed by atoms with Crippen molar-refractivity contribution in [3.05, 3.63) is 47.5 Å². The predicted octanol–water partition coefficient (Wildman–Crippen LogP) is 2.34. The molecule has 7 nitrogen and oxygen atoms in total. The fourth-order valence-corrected chi connectivity index (χ4v) is 3.71. The Bertz CT molecular complexity index is 797. The lowest BCUT2D eigenvalue weighted by Gasteiger charge is -2.35. The van der Waals surface area contributed by atoms with Gasteiger partial charge in [0, 0.05) is 44.9 Å². The van der Waals surface area contributed by atoms with Gasteiger partial charge in [-0.25, -0.2) is 0 Å².